The van der Waals surface area contributed by atoms with Gasteiger partial charge in [-0.25, -0.2) is 0 Å². The molecule has 3 aromatic rings. The lowest BCUT2D eigenvalue weighted by molar-refractivity contribution is 0.301. The maximum Gasteiger partial charge on any atom is 0.204 e. The van der Waals surface area contributed by atoms with Crippen LogP contribution in [0.2, 0.25) is 0 Å². The van der Waals surface area contributed by atoms with Crippen molar-refractivity contribution < 1.29 is 19.0 Å². The van der Waals surface area contributed by atoms with Gasteiger partial charge in [-0.2, -0.15) is 0 Å². The van der Waals surface area contributed by atoms with E-state index in [4.69, 9.17) is 13.9 Å². The summed E-state index contributed by atoms with van der Waals surface area (Å²) in [6.45, 7) is 17.9. The van der Waals surface area contributed by atoms with Crippen molar-refractivity contribution in [2.45, 2.75) is 98.1 Å². The van der Waals surface area contributed by atoms with Crippen LogP contribution in [0.5, 0.6) is 17.2 Å². The lowest BCUT2D eigenvalue weighted by Crippen LogP contribution is -2.36. The molecule has 0 atom stereocenters. The zero-order valence-electron chi connectivity index (χ0n) is 25.0. The van der Waals surface area contributed by atoms with Crippen LogP contribution in [0.3, 0.4) is 0 Å². The molecule has 0 saturated heterocycles. The summed E-state index contributed by atoms with van der Waals surface area (Å²) in [4.78, 5) is 13.3. The first-order valence-corrected chi connectivity index (χ1v) is 14.3. The Labute approximate surface area is 233 Å². The van der Waals surface area contributed by atoms with E-state index < -0.39 is 0 Å². The number of fused-ring (bicyclic) bond motifs is 2. The van der Waals surface area contributed by atoms with Crippen LogP contribution in [0.1, 0.15) is 85.6 Å². The van der Waals surface area contributed by atoms with Gasteiger partial charge in [0.05, 0.1) is 18.6 Å². The fraction of sp³-hybridized carbons (Fsp3) is 0.594. The summed E-state index contributed by atoms with van der Waals surface area (Å²) in [6, 6.07) is 6.81. The van der Waals surface area contributed by atoms with Crippen molar-refractivity contribution in [3.05, 3.63) is 40.1 Å². The first kappa shape index (κ1) is 30.8. The van der Waals surface area contributed by atoms with E-state index in [0.717, 1.165) is 57.2 Å². The van der Waals surface area contributed by atoms with E-state index in [2.05, 4.69) is 52.2 Å². The largest absolute Gasteiger partial charge is 0.507 e. The highest BCUT2D eigenvalue weighted by atomic mass is 16.5. The topological polar surface area (TPSA) is 93.0 Å². The molecule has 39 heavy (non-hydrogen) atoms. The van der Waals surface area contributed by atoms with Gasteiger partial charge in [0.15, 0.2) is 0 Å². The normalized spacial score (nSPS) is 12.4. The standard InChI is InChI=1S/C32H48N2O5/c1-22-18-23(37-16-12-8-10-14-33-31(2,3)4)20-26-28(22)30(36)29-25(35)19-24(21-27(29)39-26)38-17-13-9-11-15-34-32(5,6)7/h18-21,33-35H,8-17H2,1-7H3. The van der Waals surface area contributed by atoms with Crippen LogP contribution in [-0.2, 0) is 0 Å². The van der Waals surface area contributed by atoms with E-state index in [1.807, 2.05) is 13.0 Å². The molecule has 3 rings (SSSR count). The molecule has 7 nitrogen and oxygen atoms in total. The van der Waals surface area contributed by atoms with Crippen LogP contribution in [-0.4, -0.2) is 42.5 Å². The van der Waals surface area contributed by atoms with E-state index in [1.165, 1.54) is 6.07 Å². The van der Waals surface area contributed by atoms with Crippen molar-refractivity contribution >= 4 is 21.9 Å². The third-order valence-electron chi connectivity index (χ3n) is 6.49. The monoisotopic (exact) mass is 540 g/mol. The number of nitrogens with one attached hydrogen (secondary N) is 2. The number of unbranched alkanes of at least 4 members (excludes halogenated alkanes) is 4. The summed E-state index contributed by atoms with van der Waals surface area (Å²) in [5.41, 5.74) is 1.52. The van der Waals surface area contributed by atoms with Gasteiger partial charge in [-0.15, -0.1) is 0 Å². The van der Waals surface area contributed by atoms with E-state index in [0.29, 0.717) is 41.3 Å². The summed E-state index contributed by atoms with van der Waals surface area (Å²) in [5, 5.41) is 18.3. The molecule has 0 fully saturated rings. The molecule has 3 N–H and O–H groups in total. The van der Waals surface area contributed by atoms with Crippen molar-refractivity contribution in [2.75, 3.05) is 26.3 Å². The minimum atomic E-state index is -0.253. The van der Waals surface area contributed by atoms with Crippen LogP contribution in [0.15, 0.2) is 33.5 Å². The Morgan fingerprint density at radius 3 is 1.72 bits per heavy atom. The average molecular weight is 541 g/mol. The number of phenolic OH excluding ortho intramolecular Hbond substituents is 1. The van der Waals surface area contributed by atoms with Gasteiger partial charge in [0.1, 0.15) is 33.8 Å². The molecule has 7 heteroatoms. The van der Waals surface area contributed by atoms with Gasteiger partial charge in [0.25, 0.3) is 0 Å². The SMILES string of the molecule is Cc1cc(OCCCCCNC(C)(C)C)cc2oc3cc(OCCCCCNC(C)(C)C)cc(O)c3c(=O)c12. The number of phenols is 1. The maximum absolute atomic E-state index is 13.3. The Kier molecular flexibility index (Phi) is 10.7. The highest BCUT2D eigenvalue weighted by Gasteiger charge is 2.16. The molecule has 0 bridgehead atoms. The van der Waals surface area contributed by atoms with Gasteiger partial charge >= 0.3 is 0 Å². The number of benzene rings is 2. The van der Waals surface area contributed by atoms with E-state index in [1.54, 1.807) is 12.1 Å². The van der Waals surface area contributed by atoms with E-state index in [-0.39, 0.29) is 27.6 Å². The van der Waals surface area contributed by atoms with Gasteiger partial charge in [-0.3, -0.25) is 4.79 Å². The second kappa shape index (κ2) is 13.5. The Hall–Kier alpha value is -2.77. The van der Waals surface area contributed by atoms with Gasteiger partial charge in [-0.1, -0.05) is 0 Å². The lowest BCUT2D eigenvalue weighted by atomic mass is 10.1. The van der Waals surface area contributed by atoms with E-state index >= 15 is 0 Å². The van der Waals surface area contributed by atoms with Crippen molar-refractivity contribution in [1.29, 1.82) is 0 Å². The highest BCUT2D eigenvalue weighted by molar-refractivity contribution is 5.95. The summed E-state index contributed by atoms with van der Waals surface area (Å²) in [5.74, 6) is 1.03. The van der Waals surface area contributed by atoms with Crippen molar-refractivity contribution in [3.8, 4) is 17.2 Å². The number of aryl methyl sites for hydroxylation is 1. The van der Waals surface area contributed by atoms with Gasteiger partial charge in [-0.05, 0) is 112 Å². The Balaban J connectivity index is 1.62. The van der Waals surface area contributed by atoms with Crippen LogP contribution >= 0.6 is 0 Å². The number of hydrogen-bond donors (Lipinski definition) is 3. The molecule has 0 saturated carbocycles. The second-order valence-electron chi connectivity index (χ2n) is 12.5. The van der Waals surface area contributed by atoms with Gasteiger partial charge in [0.2, 0.25) is 5.43 Å². The Morgan fingerprint density at radius 1 is 0.718 bits per heavy atom. The predicted octanol–water partition coefficient (Wildman–Crippen LogP) is 6.83. The third-order valence-corrected chi connectivity index (χ3v) is 6.49. The van der Waals surface area contributed by atoms with Gasteiger partial charge in [0, 0.05) is 29.3 Å². The molecule has 1 heterocycles. The second-order valence-corrected chi connectivity index (χ2v) is 12.5. The maximum atomic E-state index is 13.3. The van der Waals surface area contributed by atoms with Crippen LogP contribution in [0, 0.1) is 6.92 Å². The summed E-state index contributed by atoms with van der Waals surface area (Å²) >= 11 is 0. The van der Waals surface area contributed by atoms with E-state index in [9.17, 15) is 9.90 Å². The predicted molar refractivity (Wildman–Crippen MR) is 161 cm³/mol. The molecule has 216 valence electrons. The quantitative estimate of drug-likeness (QED) is 0.152. The molecule has 0 spiro atoms. The Bertz CT molecular complexity index is 1190. The Morgan fingerprint density at radius 2 is 1.21 bits per heavy atom. The number of ether oxygens (including phenoxy) is 2. The molecule has 0 radical (unpaired) electrons. The minimum Gasteiger partial charge on any atom is -0.507 e. The third kappa shape index (κ3) is 9.73. The molecular weight excluding hydrogens is 492 g/mol. The van der Waals surface area contributed by atoms with Crippen molar-refractivity contribution in [3.63, 3.8) is 0 Å². The number of hydrogen-bond acceptors (Lipinski definition) is 7. The molecular formula is C32H48N2O5. The van der Waals surface area contributed by atoms with Crippen molar-refractivity contribution in [1.82, 2.24) is 10.6 Å². The lowest BCUT2D eigenvalue weighted by Gasteiger charge is -2.20. The van der Waals surface area contributed by atoms with Crippen molar-refractivity contribution in [2.24, 2.45) is 0 Å². The zero-order chi connectivity index (χ0) is 28.6. The average Bonchev–Trinajstić information content (AvgIpc) is 2.80. The fourth-order valence-corrected chi connectivity index (χ4v) is 4.50. The van der Waals surface area contributed by atoms with Crippen LogP contribution in [0.25, 0.3) is 21.9 Å². The summed E-state index contributed by atoms with van der Waals surface area (Å²) < 4.78 is 18.0. The molecule has 0 amide bonds. The molecule has 2 aromatic carbocycles. The smallest absolute Gasteiger partial charge is 0.204 e. The number of rotatable bonds is 14. The van der Waals surface area contributed by atoms with Crippen LogP contribution in [0.4, 0.5) is 0 Å². The minimum absolute atomic E-state index is 0.127. The molecule has 1 aromatic heterocycles. The zero-order valence-corrected chi connectivity index (χ0v) is 25.0. The summed E-state index contributed by atoms with van der Waals surface area (Å²) in [7, 11) is 0. The first-order valence-electron chi connectivity index (χ1n) is 14.3. The fourth-order valence-electron chi connectivity index (χ4n) is 4.50. The summed E-state index contributed by atoms with van der Waals surface area (Å²) in [6.07, 6.45) is 6.14. The molecule has 0 aliphatic rings. The highest BCUT2D eigenvalue weighted by Crippen LogP contribution is 2.33. The number of aromatic hydroxyl groups is 1. The molecule has 0 aliphatic heterocycles. The van der Waals surface area contributed by atoms with Crippen LogP contribution < -0.4 is 25.5 Å². The molecule has 0 aliphatic carbocycles. The van der Waals surface area contributed by atoms with Gasteiger partial charge < -0.3 is 29.6 Å². The molecule has 0 unspecified atom stereocenters. The first-order chi connectivity index (χ1) is 18.3.